The standard InChI is InChI=1S/C12H23N3O.ClH/c1-3-12(5-4-6-13-12)11(16)15-9-7-14(2)8-10-15;/h13H,3-10H2,1-2H3;1H. The van der Waals surface area contributed by atoms with Crippen molar-refractivity contribution in [2.75, 3.05) is 39.8 Å². The molecule has 0 radical (unpaired) electrons. The summed E-state index contributed by atoms with van der Waals surface area (Å²) in [4.78, 5) is 16.8. The van der Waals surface area contributed by atoms with E-state index in [1.807, 2.05) is 4.90 Å². The molecule has 2 fully saturated rings. The summed E-state index contributed by atoms with van der Waals surface area (Å²) in [5, 5.41) is 3.42. The number of amides is 1. The van der Waals surface area contributed by atoms with Crippen molar-refractivity contribution in [2.24, 2.45) is 0 Å². The van der Waals surface area contributed by atoms with E-state index in [4.69, 9.17) is 0 Å². The van der Waals surface area contributed by atoms with E-state index < -0.39 is 0 Å². The Bertz CT molecular complexity index is 258. The monoisotopic (exact) mass is 261 g/mol. The Labute approximate surface area is 110 Å². The molecule has 0 saturated carbocycles. The molecule has 1 unspecified atom stereocenters. The first kappa shape index (κ1) is 14.7. The van der Waals surface area contributed by atoms with Crippen LogP contribution in [0.25, 0.3) is 0 Å². The van der Waals surface area contributed by atoms with E-state index in [-0.39, 0.29) is 17.9 Å². The Balaban J connectivity index is 0.00000144. The second kappa shape index (κ2) is 6.03. The van der Waals surface area contributed by atoms with Crippen molar-refractivity contribution < 1.29 is 4.79 Å². The SMILES string of the molecule is CCC1(C(=O)N2CCN(C)CC2)CCCN1.Cl. The van der Waals surface area contributed by atoms with Crippen LogP contribution >= 0.6 is 12.4 Å². The number of piperazine rings is 1. The number of halogens is 1. The molecule has 1 atom stereocenters. The Morgan fingerprint density at radius 1 is 1.29 bits per heavy atom. The van der Waals surface area contributed by atoms with Crippen LogP contribution < -0.4 is 5.32 Å². The quantitative estimate of drug-likeness (QED) is 0.796. The van der Waals surface area contributed by atoms with Gasteiger partial charge in [-0.3, -0.25) is 4.79 Å². The highest BCUT2D eigenvalue weighted by molar-refractivity contribution is 5.86. The second-order valence-corrected chi connectivity index (χ2v) is 5.06. The Hall–Kier alpha value is -0.320. The fourth-order valence-electron chi connectivity index (χ4n) is 2.75. The molecule has 1 amide bonds. The molecule has 1 N–H and O–H groups in total. The molecule has 0 aliphatic carbocycles. The van der Waals surface area contributed by atoms with E-state index in [2.05, 4.69) is 24.2 Å². The number of likely N-dealkylation sites (N-methyl/N-ethyl adjacent to an activating group) is 1. The van der Waals surface area contributed by atoms with Gasteiger partial charge in [0.15, 0.2) is 0 Å². The number of nitrogens with zero attached hydrogens (tertiary/aromatic N) is 2. The normalized spacial score (nSPS) is 30.1. The molecule has 2 rings (SSSR count). The van der Waals surface area contributed by atoms with Crippen LogP contribution in [0.15, 0.2) is 0 Å². The van der Waals surface area contributed by atoms with Crippen LogP contribution in [0.2, 0.25) is 0 Å². The molecule has 0 aromatic rings. The highest BCUT2D eigenvalue weighted by Crippen LogP contribution is 2.25. The summed E-state index contributed by atoms with van der Waals surface area (Å²) in [6, 6.07) is 0. The number of nitrogens with one attached hydrogen (secondary N) is 1. The van der Waals surface area contributed by atoms with Crippen LogP contribution in [0.5, 0.6) is 0 Å². The van der Waals surface area contributed by atoms with Gasteiger partial charge in [0.1, 0.15) is 0 Å². The molecule has 2 heterocycles. The minimum absolute atomic E-state index is 0. The van der Waals surface area contributed by atoms with Crippen molar-refractivity contribution in [3.63, 3.8) is 0 Å². The van der Waals surface area contributed by atoms with E-state index >= 15 is 0 Å². The third-order valence-electron chi connectivity index (χ3n) is 4.05. The molecule has 2 aliphatic rings. The van der Waals surface area contributed by atoms with Gasteiger partial charge in [0.05, 0.1) is 5.54 Å². The van der Waals surface area contributed by atoms with Crippen molar-refractivity contribution in [3.05, 3.63) is 0 Å². The smallest absolute Gasteiger partial charge is 0.242 e. The highest BCUT2D eigenvalue weighted by Gasteiger charge is 2.42. The molecule has 5 heteroatoms. The third kappa shape index (κ3) is 2.92. The van der Waals surface area contributed by atoms with Crippen molar-refractivity contribution in [1.29, 1.82) is 0 Å². The largest absolute Gasteiger partial charge is 0.339 e. The summed E-state index contributed by atoms with van der Waals surface area (Å²) in [7, 11) is 2.12. The molecular formula is C12H24ClN3O. The van der Waals surface area contributed by atoms with Gasteiger partial charge in [0, 0.05) is 26.2 Å². The number of hydrogen-bond acceptors (Lipinski definition) is 3. The van der Waals surface area contributed by atoms with Gasteiger partial charge in [-0.05, 0) is 32.9 Å². The van der Waals surface area contributed by atoms with Gasteiger partial charge in [-0.2, -0.15) is 0 Å². The maximum Gasteiger partial charge on any atom is 0.242 e. The molecule has 17 heavy (non-hydrogen) atoms. The summed E-state index contributed by atoms with van der Waals surface area (Å²) in [6.07, 6.45) is 3.06. The molecule has 0 spiro atoms. The first-order chi connectivity index (χ1) is 7.68. The second-order valence-electron chi connectivity index (χ2n) is 5.06. The lowest BCUT2D eigenvalue weighted by atomic mass is 9.92. The van der Waals surface area contributed by atoms with Gasteiger partial charge in [-0.1, -0.05) is 6.92 Å². The van der Waals surface area contributed by atoms with Gasteiger partial charge in [0.25, 0.3) is 0 Å². The van der Waals surface area contributed by atoms with E-state index in [0.717, 1.165) is 52.0 Å². The van der Waals surface area contributed by atoms with Crippen LogP contribution in [0.4, 0.5) is 0 Å². The van der Waals surface area contributed by atoms with Crippen molar-refractivity contribution in [1.82, 2.24) is 15.1 Å². The maximum absolute atomic E-state index is 12.5. The molecule has 0 aromatic heterocycles. The fraction of sp³-hybridized carbons (Fsp3) is 0.917. The van der Waals surface area contributed by atoms with E-state index in [0.29, 0.717) is 5.91 Å². The molecular weight excluding hydrogens is 238 g/mol. The minimum atomic E-state index is -0.240. The lowest BCUT2D eigenvalue weighted by molar-refractivity contribution is -0.139. The molecule has 100 valence electrons. The van der Waals surface area contributed by atoms with Crippen LogP contribution in [0.3, 0.4) is 0 Å². The van der Waals surface area contributed by atoms with Crippen molar-refractivity contribution in [3.8, 4) is 0 Å². The zero-order valence-electron chi connectivity index (χ0n) is 10.9. The number of carbonyl (C=O) groups excluding carboxylic acids is 1. The average molecular weight is 262 g/mol. The van der Waals surface area contributed by atoms with Gasteiger partial charge in [-0.15, -0.1) is 12.4 Å². The number of hydrogen-bond donors (Lipinski definition) is 1. The van der Waals surface area contributed by atoms with Gasteiger partial charge in [-0.25, -0.2) is 0 Å². The Kier molecular flexibility index (Phi) is 5.22. The highest BCUT2D eigenvalue weighted by atomic mass is 35.5. The molecule has 0 aromatic carbocycles. The maximum atomic E-state index is 12.5. The van der Waals surface area contributed by atoms with E-state index in [1.54, 1.807) is 0 Å². The number of rotatable bonds is 2. The van der Waals surface area contributed by atoms with Crippen molar-refractivity contribution in [2.45, 2.75) is 31.7 Å². The van der Waals surface area contributed by atoms with Gasteiger partial charge < -0.3 is 15.1 Å². The predicted octanol–water partition coefficient (Wildman–Crippen LogP) is 0.714. The molecule has 2 aliphatic heterocycles. The topological polar surface area (TPSA) is 35.6 Å². The molecule has 2 saturated heterocycles. The lowest BCUT2D eigenvalue weighted by Crippen LogP contribution is -2.58. The third-order valence-corrected chi connectivity index (χ3v) is 4.05. The Morgan fingerprint density at radius 2 is 1.94 bits per heavy atom. The predicted molar refractivity (Wildman–Crippen MR) is 71.6 cm³/mol. The van der Waals surface area contributed by atoms with E-state index in [9.17, 15) is 4.79 Å². The van der Waals surface area contributed by atoms with Crippen molar-refractivity contribution >= 4 is 18.3 Å². The zero-order valence-corrected chi connectivity index (χ0v) is 11.7. The fourth-order valence-corrected chi connectivity index (χ4v) is 2.75. The Morgan fingerprint density at radius 3 is 2.41 bits per heavy atom. The summed E-state index contributed by atoms with van der Waals surface area (Å²) in [5.74, 6) is 0.334. The van der Waals surface area contributed by atoms with Gasteiger partial charge in [0.2, 0.25) is 5.91 Å². The molecule has 0 bridgehead atoms. The number of carbonyl (C=O) groups is 1. The summed E-state index contributed by atoms with van der Waals surface area (Å²) in [6.45, 7) is 6.90. The first-order valence-electron chi connectivity index (χ1n) is 6.41. The van der Waals surface area contributed by atoms with Crippen LogP contribution in [-0.2, 0) is 4.79 Å². The summed E-state index contributed by atoms with van der Waals surface area (Å²) >= 11 is 0. The average Bonchev–Trinajstić information content (AvgIpc) is 2.79. The summed E-state index contributed by atoms with van der Waals surface area (Å²) < 4.78 is 0. The first-order valence-corrected chi connectivity index (χ1v) is 6.41. The van der Waals surface area contributed by atoms with Crippen LogP contribution in [0, 0.1) is 0 Å². The minimum Gasteiger partial charge on any atom is -0.339 e. The van der Waals surface area contributed by atoms with Crippen LogP contribution in [-0.4, -0.2) is 61.0 Å². The zero-order chi connectivity index (χ0) is 11.6. The molecule has 4 nitrogen and oxygen atoms in total. The van der Waals surface area contributed by atoms with Crippen LogP contribution in [0.1, 0.15) is 26.2 Å². The van der Waals surface area contributed by atoms with E-state index in [1.165, 1.54) is 0 Å². The van der Waals surface area contributed by atoms with Gasteiger partial charge >= 0.3 is 0 Å². The summed E-state index contributed by atoms with van der Waals surface area (Å²) in [5.41, 5.74) is -0.240. The lowest BCUT2D eigenvalue weighted by Gasteiger charge is -2.38.